The summed E-state index contributed by atoms with van der Waals surface area (Å²) < 4.78 is 1.75. The lowest BCUT2D eigenvalue weighted by molar-refractivity contribution is 0.730. The summed E-state index contributed by atoms with van der Waals surface area (Å²) in [7, 11) is 1.87. The van der Waals surface area contributed by atoms with Crippen LogP contribution in [0, 0.1) is 12.3 Å². The van der Waals surface area contributed by atoms with Crippen molar-refractivity contribution in [3.05, 3.63) is 12.2 Å². The Balaban J connectivity index is 2.40. The van der Waals surface area contributed by atoms with Crippen LogP contribution in [0.3, 0.4) is 0 Å². The van der Waals surface area contributed by atoms with Gasteiger partial charge in [0, 0.05) is 7.05 Å². The molecule has 58 valence electrons. The Morgan fingerprint density at radius 3 is 3.18 bits per heavy atom. The average Bonchev–Trinajstić information content (AvgIpc) is 2.37. The monoisotopic (exact) mass is 167 g/mol. The van der Waals surface area contributed by atoms with Crippen LogP contribution in [0.2, 0.25) is 0 Å². The molecule has 0 amide bonds. The number of hydrogen-bond donors (Lipinski definition) is 0. The summed E-state index contributed by atoms with van der Waals surface area (Å²) in [6.07, 6.45) is 6.64. The van der Waals surface area contributed by atoms with E-state index in [4.69, 9.17) is 6.42 Å². The number of aryl methyl sites for hydroxylation is 1. The highest BCUT2D eigenvalue weighted by atomic mass is 32.2. The van der Waals surface area contributed by atoms with Crippen LogP contribution < -0.4 is 0 Å². The van der Waals surface area contributed by atoms with E-state index >= 15 is 0 Å². The molecule has 11 heavy (non-hydrogen) atoms. The summed E-state index contributed by atoms with van der Waals surface area (Å²) in [6, 6.07) is 0. The van der Waals surface area contributed by atoms with E-state index in [-0.39, 0.29) is 0 Å². The molecule has 0 unspecified atom stereocenters. The molecule has 0 fully saturated rings. The lowest BCUT2D eigenvalue weighted by atomic mass is 10.7. The largest absolute Gasteiger partial charge is 0.252 e. The fraction of sp³-hybridized carbons (Fsp3) is 0.429. The van der Waals surface area contributed by atoms with E-state index in [1.165, 1.54) is 0 Å². The smallest absolute Gasteiger partial charge is 0.138 e. The number of terminal acetylenes is 1. The fourth-order valence-electron chi connectivity index (χ4n) is 0.652. The predicted octanol–water partition coefficient (Wildman–Crippen LogP) is 0.681. The number of rotatable bonds is 3. The lowest BCUT2D eigenvalue weighted by Gasteiger charge is -1.95. The van der Waals surface area contributed by atoms with Gasteiger partial charge >= 0.3 is 0 Å². The first-order valence-electron chi connectivity index (χ1n) is 3.18. The highest BCUT2D eigenvalue weighted by Crippen LogP contribution is 2.06. The van der Waals surface area contributed by atoms with Crippen molar-refractivity contribution in [1.82, 2.24) is 14.8 Å². The molecule has 4 heteroatoms. The van der Waals surface area contributed by atoms with Gasteiger partial charge in [0.25, 0.3) is 0 Å². The second-order valence-corrected chi connectivity index (χ2v) is 2.98. The van der Waals surface area contributed by atoms with Gasteiger partial charge < -0.3 is 0 Å². The molecule has 1 aromatic rings. The lowest BCUT2D eigenvalue weighted by Crippen LogP contribution is -1.97. The van der Waals surface area contributed by atoms with Gasteiger partial charge in [0.2, 0.25) is 0 Å². The first-order chi connectivity index (χ1) is 5.34. The van der Waals surface area contributed by atoms with Crippen molar-refractivity contribution >= 4 is 11.8 Å². The van der Waals surface area contributed by atoms with Crippen molar-refractivity contribution < 1.29 is 0 Å². The van der Waals surface area contributed by atoms with E-state index in [0.29, 0.717) is 0 Å². The second-order valence-electron chi connectivity index (χ2n) is 2.00. The quantitative estimate of drug-likeness (QED) is 0.490. The Hall–Kier alpha value is -0.950. The van der Waals surface area contributed by atoms with Crippen molar-refractivity contribution in [3.8, 4) is 12.3 Å². The molecular formula is C7H9N3S. The molecule has 0 aromatic carbocycles. The molecule has 0 radical (unpaired) electrons. The van der Waals surface area contributed by atoms with Crippen LogP contribution in [-0.2, 0) is 12.8 Å². The van der Waals surface area contributed by atoms with Gasteiger partial charge in [0.15, 0.2) is 0 Å². The van der Waals surface area contributed by atoms with E-state index in [1.54, 1.807) is 22.8 Å². The zero-order valence-corrected chi connectivity index (χ0v) is 7.14. The van der Waals surface area contributed by atoms with Crippen LogP contribution in [0.15, 0.2) is 6.33 Å². The van der Waals surface area contributed by atoms with Crippen LogP contribution in [0.4, 0.5) is 0 Å². The minimum atomic E-state index is 0.729. The maximum atomic E-state index is 5.09. The molecule has 0 aliphatic carbocycles. The summed E-state index contributed by atoms with van der Waals surface area (Å²) in [6.45, 7) is 0. The van der Waals surface area contributed by atoms with Crippen molar-refractivity contribution in [3.63, 3.8) is 0 Å². The topological polar surface area (TPSA) is 30.7 Å². The zero-order valence-electron chi connectivity index (χ0n) is 6.32. The van der Waals surface area contributed by atoms with Crippen LogP contribution in [0.25, 0.3) is 0 Å². The molecule has 1 heterocycles. The Labute approximate surface area is 70.2 Å². The number of aromatic nitrogens is 3. The van der Waals surface area contributed by atoms with Gasteiger partial charge in [-0.1, -0.05) is 5.92 Å². The molecule has 0 aliphatic heterocycles. The molecule has 3 nitrogen and oxygen atoms in total. The standard InChI is InChI=1S/C7H9N3S/c1-3-4-11-5-7-8-6-9-10(7)2/h1,6H,4-5H2,2H3. The Morgan fingerprint density at radius 2 is 2.64 bits per heavy atom. The number of hydrogen-bond acceptors (Lipinski definition) is 3. The number of nitrogens with zero attached hydrogens (tertiary/aromatic N) is 3. The number of thioether (sulfide) groups is 1. The van der Waals surface area contributed by atoms with E-state index < -0.39 is 0 Å². The molecule has 0 atom stereocenters. The summed E-state index contributed by atoms with van der Waals surface area (Å²) >= 11 is 1.67. The molecule has 1 aromatic heterocycles. The third-order valence-corrected chi connectivity index (χ3v) is 2.05. The van der Waals surface area contributed by atoms with Crippen molar-refractivity contribution in [1.29, 1.82) is 0 Å². The Morgan fingerprint density at radius 1 is 1.82 bits per heavy atom. The highest BCUT2D eigenvalue weighted by molar-refractivity contribution is 7.98. The SMILES string of the molecule is C#CCSCc1ncnn1C. The predicted molar refractivity (Wildman–Crippen MR) is 46.0 cm³/mol. The van der Waals surface area contributed by atoms with Gasteiger partial charge in [-0.15, -0.1) is 18.2 Å². The van der Waals surface area contributed by atoms with Gasteiger partial charge in [-0.2, -0.15) is 5.10 Å². The highest BCUT2D eigenvalue weighted by Gasteiger charge is 1.97. The molecule has 0 N–H and O–H groups in total. The van der Waals surface area contributed by atoms with E-state index in [2.05, 4.69) is 16.0 Å². The summed E-state index contributed by atoms with van der Waals surface area (Å²) in [5.41, 5.74) is 0. The summed E-state index contributed by atoms with van der Waals surface area (Å²) in [4.78, 5) is 4.05. The van der Waals surface area contributed by atoms with Crippen molar-refractivity contribution in [2.24, 2.45) is 7.05 Å². The third kappa shape index (κ3) is 2.28. The van der Waals surface area contributed by atoms with Gasteiger partial charge in [-0.25, -0.2) is 4.98 Å². The maximum absolute atomic E-state index is 5.09. The molecule has 0 spiro atoms. The molecular weight excluding hydrogens is 158 g/mol. The second kappa shape index (κ2) is 4.04. The zero-order chi connectivity index (χ0) is 8.10. The molecule has 0 aliphatic rings. The minimum absolute atomic E-state index is 0.729. The van der Waals surface area contributed by atoms with Gasteiger partial charge in [-0.3, -0.25) is 4.68 Å². The third-order valence-electron chi connectivity index (χ3n) is 1.22. The van der Waals surface area contributed by atoms with Crippen LogP contribution in [-0.4, -0.2) is 20.5 Å². The molecule has 0 saturated carbocycles. The van der Waals surface area contributed by atoms with Crippen LogP contribution in [0.1, 0.15) is 5.82 Å². The first kappa shape index (κ1) is 8.15. The molecule has 0 saturated heterocycles. The minimum Gasteiger partial charge on any atom is -0.252 e. The Bertz CT molecular complexity index is 261. The van der Waals surface area contributed by atoms with Crippen molar-refractivity contribution in [2.45, 2.75) is 5.75 Å². The van der Waals surface area contributed by atoms with Crippen LogP contribution in [0.5, 0.6) is 0 Å². The first-order valence-corrected chi connectivity index (χ1v) is 4.34. The van der Waals surface area contributed by atoms with E-state index in [9.17, 15) is 0 Å². The average molecular weight is 167 g/mol. The van der Waals surface area contributed by atoms with Crippen molar-refractivity contribution in [2.75, 3.05) is 5.75 Å². The van der Waals surface area contributed by atoms with E-state index in [0.717, 1.165) is 17.3 Å². The summed E-state index contributed by atoms with van der Waals surface area (Å²) in [5, 5.41) is 3.94. The summed E-state index contributed by atoms with van der Waals surface area (Å²) in [5.74, 6) is 5.08. The van der Waals surface area contributed by atoms with Gasteiger partial charge in [-0.05, 0) is 0 Å². The van der Waals surface area contributed by atoms with Gasteiger partial charge in [0.05, 0.1) is 11.5 Å². The molecule has 1 rings (SSSR count). The van der Waals surface area contributed by atoms with Crippen LogP contribution >= 0.6 is 11.8 Å². The maximum Gasteiger partial charge on any atom is 0.138 e. The van der Waals surface area contributed by atoms with Gasteiger partial charge in [0.1, 0.15) is 12.2 Å². The Kier molecular flexibility index (Phi) is 2.99. The fourth-order valence-corrected chi connectivity index (χ4v) is 1.32. The normalized spacial score (nSPS) is 9.45. The van der Waals surface area contributed by atoms with E-state index in [1.807, 2.05) is 7.05 Å². The molecule has 0 bridgehead atoms.